The summed E-state index contributed by atoms with van der Waals surface area (Å²) in [5, 5.41) is 3.24. The SMILES string of the molecule is O=C(Nc1cccc2cccnc12)c1ccc(C(F)(F)F)cc1F. The number of amides is 1. The Balaban J connectivity index is 1.92. The molecule has 3 nitrogen and oxygen atoms in total. The highest BCUT2D eigenvalue weighted by Gasteiger charge is 2.31. The Hall–Kier alpha value is -2.96. The van der Waals surface area contributed by atoms with Crippen molar-refractivity contribution in [1.29, 1.82) is 0 Å². The molecule has 0 aliphatic carbocycles. The van der Waals surface area contributed by atoms with E-state index in [-0.39, 0.29) is 0 Å². The van der Waals surface area contributed by atoms with E-state index in [9.17, 15) is 22.4 Å². The molecule has 2 aromatic carbocycles. The fraction of sp³-hybridized carbons (Fsp3) is 0.0588. The molecule has 0 unspecified atom stereocenters. The van der Waals surface area contributed by atoms with E-state index < -0.39 is 29.0 Å². The Bertz CT molecular complexity index is 917. The lowest BCUT2D eigenvalue weighted by Crippen LogP contribution is -2.15. The molecule has 0 bridgehead atoms. The van der Waals surface area contributed by atoms with Gasteiger partial charge in [-0.05, 0) is 30.3 Å². The highest BCUT2D eigenvalue weighted by Crippen LogP contribution is 2.30. The van der Waals surface area contributed by atoms with Crippen LogP contribution in [0.25, 0.3) is 10.9 Å². The van der Waals surface area contributed by atoms with Crippen LogP contribution < -0.4 is 5.32 Å². The van der Waals surface area contributed by atoms with Gasteiger partial charge in [-0.1, -0.05) is 18.2 Å². The quantitative estimate of drug-likeness (QED) is 0.694. The molecule has 1 N–H and O–H groups in total. The Morgan fingerprint density at radius 3 is 2.50 bits per heavy atom. The minimum absolute atomic E-state index is 0.302. The maximum absolute atomic E-state index is 13.9. The molecule has 0 spiro atoms. The van der Waals surface area contributed by atoms with E-state index in [2.05, 4.69) is 10.3 Å². The number of hydrogen-bond donors (Lipinski definition) is 1. The minimum Gasteiger partial charge on any atom is -0.320 e. The van der Waals surface area contributed by atoms with Crippen LogP contribution in [-0.4, -0.2) is 10.9 Å². The van der Waals surface area contributed by atoms with E-state index in [4.69, 9.17) is 0 Å². The van der Waals surface area contributed by atoms with Crippen molar-refractivity contribution in [2.24, 2.45) is 0 Å². The molecule has 0 atom stereocenters. The smallest absolute Gasteiger partial charge is 0.320 e. The Kier molecular flexibility index (Phi) is 3.92. The number of nitrogens with one attached hydrogen (secondary N) is 1. The van der Waals surface area contributed by atoms with Crippen LogP contribution in [-0.2, 0) is 6.18 Å². The molecule has 0 saturated heterocycles. The lowest BCUT2D eigenvalue weighted by Gasteiger charge is -2.10. The highest BCUT2D eigenvalue weighted by atomic mass is 19.4. The van der Waals surface area contributed by atoms with E-state index >= 15 is 0 Å². The van der Waals surface area contributed by atoms with E-state index in [1.54, 1.807) is 30.3 Å². The summed E-state index contributed by atoms with van der Waals surface area (Å²) in [4.78, 5) is 16.3. The molecule has 3 rings (SSSR count). The predicted molar refractivity (Wildman–Crippen MR) is 81.1 cm³/mol. The maximum Gasteiger partial charge on any atom is 0.416 e. The third-order valence-electron chi connectivity index (χ3n) is 3.42. The Morgan fingerprint density at radius 1 is 1.04 bits per heavy atom. The highest BCUT2D eigenvalue weighted by molar-refractivity contribution is 6.08. The van der Waals surface area contributed by atoms with Gasteiger partial charge < -0.3 is 5.32 Å². The summed E-state index contributed by atoms with van der Waals surface area (Å²) in [6.45, 7) is 0. The zero-order valence-electron chi connectivity index (χ0n) is 12.1. The normalized spacial score (nSPS) is 11.5. The number of halogens is 4. The Labute approximate surface area is 133 Å². The van der Waals surface area contributed by atoms with Crippen molar-refractivity contribution >= 4 is 22.5 Å². The van der Waals surface area contributed by atoms with Gasteiger partial charge in [-0.25, -0.2) is 4.39 Å². The van der Waals surface area contributed by atoms with Gasteiger partial charge in [-0.15, -0.1) is 0 Å². The molecular weight excluding hydrogens is 324 g/mol. The van der Waals surface area contributed by atoms with Gasteiger partial charge in [-0.2, -0.15) is 13.2 Å². The van der Waals surface area contributed by atoms with Crippen molar-refractivity contribution in [3.63, 3.8) is 0 Å². The van der Waals surface area contributed by atoms with Crippen LogP contribution in [0.5, 0.6) is 0 Å². The van der Waals surface area contributed by atoms with Crippen LogP contribution in [0.15, 0.2) is 54.7 Å². The summed E-state index contributed by atoms with van der Waals surface area (Å²) in [6, 6.07) is 10.3. The summed E-state index contributed by atoms with van der Waals surface area (Å²) < 4.78 is 51.5. The van der Waals surface area contributed by atoms with E-state index in [0.29, 0.717) is 23.3 Å². The van der Waals surface area contributed by atoms with Gasteiger partial charge in [0.05, 0.1) is 22.3 Å². The number of carbonyl (C=O) groups is 1. The van der Waals surface area contributed by atoms with Crippen LogP contribution in [0.2, 0.25) is 0 Å². The summed E-state index contributed by atoms with van der Waals surface area (Å²) in [6.07, 6.45) is -3.13. The van der Waals surface area contributed by atoms with E-state index in [1.165, 1.54) is 6.20 Å². The van der Waals surface area contributed by atoms with E-state index in [1.807, 2.05) is 0 Å². The monoisotopic (exact) mass is 334 g/mol. The average molecular weight is 334 g/mol. The first-order valence-corrected chi connectivity index (χ1v) is 6.88. The number of benzene rings is 2. The topological polar surface area (TPSA) is 42.0 Å². The molecule has 3 aromatic rings. The first kappa shape index (κ1) is 15.9. The van der Waals surface area contributed by atoms with Crippen LogP contribution >= 0.6 is 0 Å². The van der Waals surface area contributed by atoms with Crippen molar-refractivity contribution in [1.82, 2.24) is 4.98 Å². The summed E-state index contributed by atoms with van der Waals surface area (Å²) in [5.74, 6) is -2.09. The molecule has 24 heavy (non-hydrogen) atoms. The van der Waals surface area contributed by atoms with Crippen molar-refractivity contribution in [2.45, 2.75) is 6.18 Å². The van der Waals surface area contributed by atoms with E-state index in [0.717, 1.165) is 11.5 Å². The lowest BCUT2D eigenvalue weighted by atomic mass is 10.1. The van der Waals surface area contributed by atoms with Gasteiger partial charge in [0.2, 0.25) is 0 Å². The standard InChI is InChI=1S/C17H10F4N2O/c18-13-9-11(17(19,20)21)6-7-12(13)16(24)23-14-5-1-3-10-4-2-8-22-15(10)14/h1-9H,(H,23,24). The third kappa shape index (κ3) is 3.05. The number of para-hydroxylation sites is 1. The molecule has 1 aromatic heterocycles. The molecule has 0 aliphatic heterocycles. The van der Waals surface area contributed by atoms with Gasteiger partial charge in [0.15, 0.2) is 0 Å². The number of rotatable bonds is 2. The summed E-state index contributed by atoms with van der Waals surface area (Å²) in [5.41, 5.74) is -0.780. The second-order valence-corrected chi connectivity index (χ2v) is 5.03. The van der Waals surface area contributed by atoms with Crippen LogP contribution in [0, 0.1) is 5.82 Å². The third-order valence-corrected chi connectivity index (χ3v) is 3.42. The van der Waals surface area contributed by atoms with Crippen molar-refractivity contribution in [3.05, 3.63) is 71.7 Å². The number of alkyl halides is 3. The number of pyridine rings is 1. The summed E-state index contributed by atoms with van der Waals surface area (Å²) in [7, 11) is 0. The maximum atomic E-state index is 13.9. The molecular formula is C17H10F4N2O. The fourth-order valence-corrected chi connectivity index (χ4v) is 2.27. The van der Waals surface area contributed by atoms with Crippen LogP contribution in [0.4, 0.5) is 23.2 Å². The number of hydrogen-bond acceptors (Lipinski definition) is 2. The number of carbonyl (C=O) groups excluding carboxylic acids is 1. The van der Waals surface area contributed by atoms with Crippen LogP contribution in [0.1, 0.15) is 15.9 Å². The Morgan fingerprint density at radius 2 is 1.79 bits per heavy atom. The van der Waals surface area contributed by atoms with Gasteiger partial charge in [0.1, 0.15) is 5.82 Å². The number of anilines is 1. The molecule has 0 fully saturated rings. The van der Waals surface area contributed by atoms with Gasteiger partial charge in [0, 0.05) is 11.6 Å². The second-order valence-electron chi connectivity index (χ2n) is 5.03. The van der Waals surface area contributed by atoms with Crippen molar-refractivity contribution in [3.8, 4) is 0 Å². The summed E-state index contributed by atoms with van der Waals surface area (Å²) >= 11 is 0. The number of nitrogens with zero attached hydrogens (tertiary/aromatic N) is 1. The minimum atomic E-state index is -4.67. The van der Waals surface area contributed by atoms with Gasteiger partial charge in [0.25, 0.3) is 5.91 Å². The van der Waals surface area contributed by atoms with Gasteiger partial charge >= 0.3 is 6.18 Å². The molecule has 0 saturated carbocycles. The average Bonchev–Trinajstić information content (AvgIpc) is 2.54. The van der Waals surface area contributed by atoms with Crippen molar-refractivity contribution in [2.75, 3.05) is 5.32 Å². The molecule has 122 valence electrons. The largest absolute Gasteiger partial charge is 0.416 e. The molecule has 0 aliphatic rings. The predicted octanol–water partition coefficient (Wildman–Crippen LogP) is 4.65. The van der Waals surface area contributed by atoms with Crippen molar-refractivity contribution < 1.29 is 22.4 Å². The molecule has 1 amide bonds. The van der Waals surface area contributed by atoms with Gasteiger partial charge in [-0.3, -0.25) is 9.78 Å². The fourth-order valence-electron chi connectivity index (χ4n) is 2.27. The first-order valence-electron chi connectivity index (χ1n) is 6.88. The zero-order valence-corrected chi connectivity index (χ0v) is 12.1. The van der Waals surface area contributed by atoms with Crippen LogP contribution in [0.3, 0.4) is 0 Å². The molecule has 0 radical (unpaired) electrons. The zero-order chi connectivity index (χ0) is 17.3. The molecule has 7 heteroatoms. The number of aromatic nitrogens is 1. The first-order chi connectivity index (χ1) is 11.4. The number of fused-ring (bicyclic) bond motifs is 1. The second kappa shape index (κ2) is 5.92. The lowest BCUT2D eigenvalue weighted by molar-refractivity contribution is -0.137. The molecule has 1 heterocycles.